The second-order valence-corrected chi connectivity index (χ2v) is 21.7. The smallest absolute Gasteiger partial charge is 0.414 e. The molecule has 0 saturated carbocycles. The number of aliphatic hydroxyl groups excluding tert-OH is 2. The van der Waals surface area contributed by atoms with Gasteiger partial charge in [-0.05, 0) is 139 Å². The number of hydrogen-bond acceptors (Lipinski definition) is 19. The molecule has 5 aromatic rings. The minimum atomic E-state index is -1.31. The fourth-order valence-corrected chi connectivity index (χ4v) is 6.61. The molecule has 24 heteroatoms. The number of guanidine groups is 2. The predicted molar refractivity (Wildman–Crippen MR) is 301 cm³/mol. The number of ether oxygens (including phenoxy) is 5. The van der Waals surface area contributed by atoms with Gasteiger partial charge in [-0.3, -0.25) is 31.3 Å². The van der Waals surface area contributed by atoms with Gasteiger partial charge < -0.3 is 59.5 Å². The van der Waals surface area contributed by atoms with Gasteiger partial charge in [0.15, 0.2) is 17.3 Å². The Morgan fingerprint density at radius 3 is 1.32 bits per heavy atom. The number of nitrogens with one attached hydrogen (secondary N) is 5. The maximum absolute atomic E-state index is 12.7. The van der Waals surface area contributed by atoms with Crippen molar-refractivity contribution >= 4 is 64.6 Å². The van der Waals surface area contributed by atoms with Gasteiger partial charge in [0.2, 0.25) is 23.7 Å². The van der Waals surface area contributed by atoms with Gasteiger partial charge in [-0.15, -0.1) is 0 Å². The molecule has 0 bridgehead atoms. The average molecular weight is 1110 g/mol. The van der Waals surface area contributed by atoms with E-state index in [0.29, 0.717) is 41.5 Å². The summed E-state index contributed by atoms with van der Waals surface area (Å²) in [5, 5.41) is 34.0. The zero-order valence-electron chi connectivity index (χ0n) is 50.4. The van der Waals surface area contributed by atoms with Crippen molar-refractivity contribution in [2.24, 2.45) is 15.7 Å². The van der Waals surface area contributed by atoms with E-state index in [-0.39, 0.29) is 63.0 Å². The van der Waals surface area contributed by atoms with Gasteiger partial charge in [0, 0.05) is 19.1 Å². The van der Waals surface area contributed by atoms with Crippen LogP contribution in [0.3, 0.4) is 0 Å². The Morgan fingerprint density at radius 2 is 0.924 bits per heavy atom. The Morgan fingerprint density at radius 1 is 0.557 bits per heavy atom. The van der Waals surface area contributed by atoms with E-state index in [9.17, 15) is 34.2 Å². The summed E-state index contributed by atoms with van der Waals surface area (Å²) >= 11 is 0. The molecule has 9 N–H and O–H groups in total. The Labute approximate surface area is 467 Å². The van der Waals surface area contributed by atoms with Gasteiger partial charge in [0.25, 0.3) is 0 Å². The molecule has 4 atom stereocenters. The molecule has 0 aliphatic heterocycles. The number of aliphatic imine (C=N–C) groups is 2. The Balaban J connectivity index is 0. The van der Waals surface area contributed by atoms with Crippen LogP contribution in [0.1, 0.15) is 151 Å². The molecular weight excluding hydrogens is 1020 g/mol. The number of amides is 5. The number of carbonyl (C=O) groups is 5. The molecular formula is C55H84N10O14-4. The summed E-state index contributed by atoms with van der Waals surface area (Å²) in [4.78, 5) is 78.8. The van der Waals surface area contributed by atoms with Crippen molar-refractivity contribution in [3.63, 3.8) is 0 Å². The summed E-state index contributed by atoms with van der Waals surface area (Å²) in [6.45, 7) is 20.8. The first-order valence-corrected chi connectivity index (χ1v) is 25.3. The minimum Gasteiger partial charge on any atom is -1.00 e. The largest absolute Gasteiger partial charge is 1.00 e. The summed E-state index contributed by atoms with van der Waals surface area (Å²) in [5.41, 5.74) is 6.15. The summed E-state index contributed by atoms with van der Waals surface area (Å²) < 4.78 is 37.6. The molecule has 5 amide bonds. The molecule has 0 saturated heterocycles. The van der Waals surface area contributed by atoms with Crippen molar-refractivity contribution in [1.82, 2.24) is 36.6 Å². The number of aromatic nitrogens is 2. The van der Waals surface area contributed by atoms with E-state index in [4.69, 9.17) is 38.3 Å². The SMILES string of the molecule is C.CC(C)(C)OC(=O)NC(=NCCC[C@H](N)C(O)c1nc2ccccc2o1)NC(=O)OC(C)(C)C.CC(C)(C)OC(=O)NC(=NCCC[C@H](NC(=O)OCc1ccccc1)C(O)c1nc2ccccc2o1)NC(=O)OC(C)(C)C.[H-].[H-].[H-].[H-]. The first kappa shape index (κ1) is 65.5. The quantitative estimate of drug-likeness (QED) is 0.0209. The molecule has 2 aromatic heterocycles. The van der Waals surface area contributed by atoms with Crippen molar-refractivity contribution in [3.8, 4) is 0 Å². The maximum atomic E-state index is 12.7. The van der Waals surface area contributed by atoms with Crippen molar-refractivity contribution < 1.29 is 72.4 Å². The number of para-hydroxylation sites is 4. The lowest BCUT2D eigenvalue weighted by Gasteiger charge is -2.22. The van der Waals surface area contributed by atoms with Gasteiger partial charge in [0.1, 0.15) is 46.1 Å². The van der Waals surface area contributed by atoms with Gasteiger partial charge >= 0.3 is 30.5 Å². The first-order valence-electron chi connectivity index (χ1n) is 25.3. The molecule has 24 nitrogen and oxygen atoms in total. The third-order valence-electron chi connectivity index (χ3n) is 9.82. The lowest BCUT2D eigenvalue weighted by Crippen LogP contribution is -2.47. The molecule has 5 rings (SSSR count). The fraction of sp³-hybridized carbons (Fsp3) is 0.509. The summed E-state index contributed by atoms with van der Waals surface area (Å²) in [6, 6.07) is 21.9. The number of hydrogen-bond donors (Lipinski definition) is 8. The monoisotopic (exact) mass is 1110 g/mol. The topological polar surface area (TPSA) is 335 Å². The number of nitrogens with zero attached hydrogens (tertiary/aromatic N) is 4. The number of rotatable bonds is 15. The number of benzene rings is 3. The van der Waals surface area contributed by atoms with Crippen LogP contribution < -0.4 is 32.3 Å². The highest BCUT2D eigenvalue weighted by Gasteiger charge is 2.29. The fourth-order valence-electron chi connectivity index (χ4n) is 6.61. The van der Waals surface area contributed by atoms with Gasteiger partial charge in [0.05, 0.1) is 6.04 Å². The number of nitrogens with two attached hydrogens (primary N) is 1. The Hall–Kier alpha value is -7.83. The standard InChI is InChI=1S/C31H41N5O8.C23H35N5O6.CH4.4H/c1-30(2,3)43-28(39)35-26(36-29(40)44-31(4,5)6)32-18-12-16-22(34-27(38)41-19-20-13-8-7-9-14-20)24(37)25-33-21-15-10-11-17-23(21)42-25;1-22(2,3)33-20(30)27-19(28-21(31)34-23(4,5)6)25-13-9-10-14(24)17(29)18-26-15-11-7-8-12-16(15)32-18;;;;;/h7-11,13-15,17,22,24,37H,12,16,18-19H2,1-6H3,(H,34,38)(H2,32,35,36,39,40);7-8,11-12,14,17,29H,9-10,13,24H2,1-6H3,(H2,25,27,28,30,31);1H4;;;;/q;;;4*-1/t22-,24?;14-,17?;;;;;/m00...../s1. The molecule has 0 aliphatic rings. The van der Waals surface area contributed by atoms with Gasteiger partial charge in [-0.2, -0.15) is 0 Å². The Kier molecular flexibility index (Phi) is 24.7. The van der Waals surface area contributed by atoms with E-state index in [0.717, 1.165) is 5.56 Å². The predicted octanol–water partition coefficient (Wildman–Crippen LogP) is 9.80. The Bertz CT molecular complexity index is 2700. The number of fused-ring (bicyclic) bond motifs is 2. The molecule has 0 radical (unpaired) electrons. The normalized spacial score (nSPS) is 13.1. The van der Waals surface area contributed by atoms with Crippen LogP contribution in [0.15, 0.2) is 97.7 Å². The van der Waals surface area contributed by atoms with Crippen molar-refractivity contribution in [1.29, 1.82) is 0 Å². The summed E-state index contributed by atoms with van der Waals surface area (Å²) in [6.07, 6.45) is -4.98. The summed E-state index contributed by atoms with van der Waals surface area (Å²) in [5.74, 6) is -0.116. The summed E-state index contributed by atoms with van der Waals surface area (Å²) in [7, 11) is 0. The van der Waals surface area contributed by atoms with Crippen LogP contribution in [0.4, 0.5) is 24.0 Å². The van der Waals surface area contributed by atoms with Crippen LogP contribution in [-0.4, -0.2) is 110 Å². The zero-order valence-corrected chi connectivity index (χ0v) is 46.4. The molecule has 79 heavy (non-hydrogen) atoms. The van der Waals surface area contributed by atoms with E-state index in [1.807, 2.05) is 42.5 Å². The molecule has 2 unspecified atom stereocenters. The van der Waals surface area contributed by atoms with Crippen LogP contribution in [0.5, 0.6) is 0 Å². The van der Waals surface area contributed by atoms with Crippen molar-refractivity contribution in [3.05, 3.63) is 96.2 Å². The zero-order chi connectivity index (χ0) is 57.8. The average Bonchev–Trinajstić information content (AvgIpc) is 3.96. The molecule has 2 heterocycles. The van der Waals surface area contributed by atoms with Crippen LogP contribution in [0.2, 0.25) is 0 Å². The molecule has 0 fully saturated rings. The molecule has 0 spiro atoms. The highest BCUT2D eigenvalue weighted by molar-refractivity contribution is 6.02. The lowest BCUT2D eigenvalue weighted by molar-refractivity contribution is 0.0521. The maximum Gasteiger partial charge on any atom is 0.414 e. The minimum absolute atomic E-state index is 0. The third-order valence-corrected chi connectivity index (χ3v) is 9.82. The molecule has 0 aliphatic carbocycles. The van der Waals surface area contributed by atoms with E-state index >= 15 is 0 Å². The number of oxazole rings is 2. The van der Waals surface area contributed by atoms with Crippen molar-refractivity contribution in [2.75, 3.05) is 13.1 Å². The lowest BCUT2D eigenvalue weighted by atomic mass is 10.1. The van der Waals surface area contributed by atoms with E-state index < -0.39 is 77.2 Å². The van der Waals surface area contributed by atoms with Crippen LogP contribution >= 0.6 is 0 Å². The van der Waals surface area contributed by atoms with Crippen molar-refractivity contribution in [2.45, 2.75) is 169 Å². The third kappa shape index (κ3) is 25.5. The van der Waals surface area contributed by atoms with E-state index in [1.165, 1.54) is 0 Å². The first-order chi connectivity index (χ1) is 36.4. The second-order valence-electron chi connectivity index (χ2n) is 21.7. The highest BCUT2D eigenvalue weighted by atomic mass is 16.6. The van der Waals surface area contributed by atoms with E-state index in [1.54, 1.807) is 119 Å². The van der Waals surface area contributed by atoms with Crippen LogP contribution in [0, 0.1) is 0 Å². The van der Waals surface area contributed by atoms with Gasteiger partial charge in [-0.25, -0.2) is 33.9 Å². The molecule has 442 valence electrons. The highest BCUT2D eigenvalue weighted by Crippen LogP contribution is 2.25. The number of carbonyl (C=O) groups excluding carboxylic acids is 5. The second kappa shape index (κ2) is 29.8. The number of aliphatic hydroxyl groups is 2. The number of alkyl carbamates (subject to hydrolysis) is 5. The van der Waals surface area contributed by atoms with E-state index in [2.05, 4.69) is 46.5 Å². The van der Waals surface area contributed by atoms with Gasteiger partial charge in [-0.1, -0.05) is 62.0 Å². The van der Waals surface area contributed by atoms with Crippen LogP contribution in [0.25, 0.3) is 22.2 Å². The molecule has 3 aromatic carbocycles. The van der Waals surface area contributed by atoms with Crippen LogP contribution in [-0.2, 0) is 30.3 Å².